The normalized spacial score (nSPS) is 18.7. The Morgan fingerprint density at radius 2 is 1.86 bits per heavy atom. The largest absolute Gasteiger partial charge is 0.371 e. The van der Waals surface area contributed by atoms with Crippen molar-refractivity contribution in [2.75, 3.05) is 39.3 Å². The zero-order valence-corrected chi connectivity index (χ0v) is 17.5. The second kappa shape index (κ2) is 8.94. The molecular formula is C20H30N4O5. The van der Waals surface area contributed by atoms with Gasteiger partial charge in [-0.3, -0.25) is 14.4 Å². The second-order valence-corrected chi connectivity index (χ2v) is 7.92. The number of piperidine rings is 1. The predicted molar refractivity (Wildman–Crippen MR) is 104 cm³/mol. The highest BCUT2D eigenvalue weighted by atomic mass is 16.5. The number of nitrogens with zero attached hydrogens (tertiary/aromatic N) is 3. The molecule has 0 unspecified atom stereocenters. The average Bonchev–Trinajstić information content (AvgIpc) is 3.03. The van der Waals surface area contributed by atoms with E-state index in [0.717, 1.165) is 0 Å². The molecule has 2 aliphatic rings. The smallest absolute Gasteiger partial charge is 0.259 e. The Kier molecular flexibility index (Phi) is 6.56. The first-order valence-electron chi connectivity index (χ1n) is 10.2. The van der Waals surface area contributed by atoms with E-state index in [1.54, 1.807) is 13.8 Å². The third kappa shape index (κ3) is 4.95. The quantitative estimate of drug-likeness (QED) is 0.733. The van der Waals surface area contributed by atoms with Crippen molar-refractivity contribution in [2.24, 2.45) is 0 Å². The van der Waals surface area contributed by atoms with Crippen molar-refractivity contribution in [1.82, 2.24) is 20.3 Å². The van der Waals surface area contributed by atoms with Crippen molar-refractivity contribution in [3.8, 4) is 0 Å². The molecule has 0 saturated carbocycles. The minimum Gasteiger partial charge on any atom is -0.371 e. The van der Waals surface area contributed by atoms with Gasteiger partial charge < -0.3 is 24.4 Å². The molecule has 3 amide bonds. The highest BCUT2D eigenvalue weighted by Gasteiger charge is 2.42. The fourth-order valence-electron chi connectivity index (χ4n) is 4.09. The van der Waals surface area contributed by atoms with Crippen LogP contribution in [0.1, 0.15) is 54.4 Å². The number of hydrogen-bond acceptors (Lipinski definition) is 6. The molecule has 0 aromatic carbocycles. The molecule has 1 N–H and O–H groups in total. The van der Waals surface area contributed by atoms with Crippen LogP contribution in [0.25, 0.3) is 0 Å². The predicted octanol–water partition coefficient (Wildman–Crippen LogP) is 1.04. The average molecular weight is 406 g/mol. The molecule has 3 rings (SSSR count). The molecule has 0 aliphatic carbocycles. The van der Waals surface area contributed by atoms with E-state index in [2.05, 4.69) is 10.5 Å². The van der Waals surface area contributed by atoms with Crippen molar-refractivity contribution in [3.05, 3.63) is 17.0 Å². The summed E-state index contributed by atoms with van der Waals surface area (Å²) in [6.07, 6.45) is 2.42. The Balaban J connectivity index is 1.52. The lowest BCUT2D eigenvalue weighted by Crippen LogP contribution is -2.58. The summed E-state index contributed by atoms with van der Waals surface area (Å²) in [5, 5.41) is 6.58. The first-order chi connectivity index (χ1) is 13.8. The van der Waals surface area contributed by atoms with E-state index in [4.69, 9.17) is 9.26 Å². The maximum Gasteiger partial charge on any atom is 0.259 e. The topological polar surface area (TPSA) is 105 Å². The number of aromatic nitrogens is 1. The van der Waals surface area contributed by atoms with Crippen molar-refractivity contribution < 1.29 is 23.6 Å². The van der Waals surface area contributed by atoms with Gasteiger partial charge in [0.25, 0.3) is 5.91 Å². The van der Waals surface area contributed by atoms with Gasteiger partial charge in [0.1, 0.15) is 11.3 Å². The highest BCUT2D eigenvalue weighted by molar-refractivity contribution is 5.96. The maximum absolute atomic E-state index is 12.8. The zero-order valence-electron chi connectivity index (χ0n) is 17.5. The molecule has 1 aromatic rings. The van der Waals surface area contributed by atoms with Crippen molar-refractivity contribution in [1.29, 1.82) is 0 Å². The monoisotopic (exact) mass is 406 g/mol. The third-order valence-electron chi connectivity index (χ3n) is 5.75. The second-order valence-electron chi connectivity index (χ2n) is 7.92. The maximum atomic E-state index is 12.8. The van der Waals surface area contributed by atoms with Gasteiger partial charge in [0.05, 0.1) is 17.9 Å². The van der Waals surface area contributed by atoms with Crippen LogP contribution in [0.15, 0.2) is 4.52 Å². The molecule has 0 bridgehead atoms. The lowest BCUT2D eigenvalue weighted by molar-refractivity contribution is -0.158. The van der Waals surface area contributed by atoms with Crippen molar-refractivity contribution >= 4 is 17.7 Å². The van der Waals surface area contributed by atoms with Crippen LogP contribution in [0, 0.1) is 13.8 Å². The van der Waals surface area contributed by atoms with E-state index in [9.17, 15) is 14.4 Å². The van der Waals surface area contributed by atoms with Gasteiger partial charge in [-0.25, -0.2) is 0 Å². The summed E-state index contributed by atoms with van der Waals surface area (Å²) in [4.78, 5) is 40.0. The fourth-order valence-corrected chi connectivity index (χ4v) is 4.09. The molecule has 3 heterocycles. The molecule has 0 atom stereocenters. The van der Waals surface area contributed by atoms with Gasteiger partial charge in [-0.2, -0.15) is 0 Å². The van der Waals surface area contributed by atoms with Crippen LogP contribution in [0.3, 0.4) is 0 Å². The highest BCUT2D eigenvalue weighted by Crippen LogP contribution is 2.31. The first kappa shape index (κ1) is 21.3. The van der Waals surface area contributed by atoms with Crippen molar-refractivity contribution in [2.45, 2.75) is 52.1 Å². The Morgan fingerprint density at radius 3 is 2.48 bits per heavy atom. The molecule has 160 valence electrons. The van der Waals surface area contributed by atoms with Crippen LogP contribution in [0.5, 0.6) is 0 Å². The Morgan fingerprint density at radius 1 is 1.14 bits per heavy atom. The summed E-state index contributed by atoms with van der Waals surface area (Å²) in [6.45, 7) is 8.30. The SMILES string of the molecule is CC(=O)NCCCC(=O)N1CCOC2(CCN(C(=O)c3c(C)noc3C)CC2)C1. The molecule has 1 aromatic heterocycles. The van der Waals surface area contributed by atoms with Gasteiger partial charge in [0.2, 0.25) is 11.8 Å². The molecule has 1 spiro atoms. The summed E-state index contributed by atoms with van der Waals surface area (Å²) in [6, 6.07) is 0. The van der Waals surface area contributed by atoms with E-state index >= 15 is 0 Å². The summed E-state index contributed by atoms with van der Waals surface area (Å²) in [5.74, 6) is 0.489. The first-order valence-corrected chi connectivity index (χ1v) is 10.2. The van der Waals surface area contributed by atoms with Crippen molar-refractivity contribution in [3.63, 3.8) is 0 Å². The number of rotatable bonds is 5. The summed E-state index contributed by atoms with van der Waals surface area (Å²) < 4.78 is 11.2. The number of nitrogens with one attached hydrogen (secondary N) is 1. The third-order valence-corrected chi connectivity index (χ3v) is 5.75. The van der Waals surface area contributed by atoms with Gasteiger partial charge >= 0.3 is 0 Å². The van der Waals surface area contributed by atoms with Crippen LogP contribution < -0.4 is 5.32 Å². The Bertz CT molecular complexity index is 747. The van der Waals surface area contributed by atoms with Crippen LogP contribution in [-0.4, -0.2) is 77.6 Å². The van der Waals surface area contributed by atoms with E-state index in [1.165, 1.54) is 6.92 Å². The minimum atomic E-state index is -0.388. The number of likely N-dealkylation sites (tertiary alicyclic amines) is 1. The summed E-state index contributed by atoms with van der Waals surface area (Å²) >= 11 is 0. The Labute approximate surface area is 170 Å². The van der Waals surface area contributed by atoms with Crippen LogP contribution in [0.4, 0.5) is 0 Å². The number of aryl methyl sites for hydroxylation is 2. The van der Waals surface area contributed by atoms with E-state index in [0.29, 0.717) is 82.0 Å². The standard InChI is InChI=1S/C20H30N4O5/c1-14-18(15(2)29-22-14)19(27)23-9-6-20(7-10-23)13-24(11-12-28-20)17(26)5-4-8-21-16(3)25/h4-13H2,1-3H3,(H,21,25). The van der Waals surface area contributed by atoms with Crippen LogP contribution in [-0.2, 0) is 14.3 Å². The van der Waals surface area contributed by atoms with Crippen LogP contribution in [0.2, 0.25) is 0 Å². The van der Waals surface area contributed by atoms with Gasteiger partial charge in [-0.05, 0) is 33.1 Å². The summed E-state index contributed by atoms with van der Waals surface area (Å²) in [5.41, 5.74) is 0.764. The lowest BCUT2D eigenvalue weighted by atomic mass is 9.88. The molecule has 2 saturated heterocycles. The fraction of sp³-hybridized carbons (Fsp3) is 0.700. The lowest BCUT2D eigenvalue weighted by Gasteiger charge is -2.47. The number of hydrogen-bond donors (Lipinski definition) is 1. The van der Waals surface area contributed by atoms with Gasteiger partial charge in [-0.15, -0.1) is 0 Å². The molecule has 2 fully saturated rings. The van der Waals surface area contributed by atoms with E-state index < -0.39 is 0 Å². The van der Waals surface area contributed by atoms with Crippen LogP contribution >= 0.6 is 0 Å². The van der Waals surface area contributed by atoms with E-state index in [-0.39, 0.29) is 23.3 Å². The number of carbonyl (C=O) groups excluding carboxylic acids is 3. The van der Waals surface area contributed by atoms with E-state index in [1.807, 2.05) is 9.80 Å². The molecule has 2 aliphatic heterocycles. The molecular weight excluding hydrogens is 376 g/mol. The Hall–Kier alpha value is -2.42. The van der Waals surface area contributed by atoms with Gasteiger partial charge in [0, 0.05) is 46.1 Å². The minimum absolute atomic E-state index is 0.0576. The molecule has 0 radical (unpaired) electrons. The molecule has 9 nitrogen and oxygen atoms in total. The molecule has 9 heteroatoms. The number of ether oxygens (including phenoxy) is 1. The van der Waals surface area contributed by atoms with Gasteiger partial charge in [-0.1, -0.05) is 5.16 Å². The van der Waals surface area contributed by atoms with Gasteiger partial charge in [0.15, 0.2) is 0 Å². The zero-order chi connectivity index (χ0) is 21.0. The number of carbonyl (C=O) groups is 3. The number of morpholine rings is 1. The number of amides is 3. The summed E-state index contributed by atoms with van der Waals surface area (Å²) in [7, 11) is 0. The molecule has 29 heavy (non-hydrogen) atoms.